The lowest BCUT2D eigenvalue weighted by Gasteiger charge is -2.28. The second kappa shape index (κ2) is 7.23. The lowest BCUT2D eigenvalue weighted by atomic mass is 10.2. The number of hydrogen-bond donors (Lipinski definition) is 0. The number of esters is 2. The van der Waals surface area contributed by atoms with Gasteiger partial charge in [-0.1, -0.05) is 71.0 Å². The Kier molecular flexibility index (Phi) is 5.04. The van der Waals surface area contributed by atoms with E-state index in [-0.39, 0.29) is 11.9 Å². The number of hydrogen-bond acceptors (Lipinski definition) is 4. The first-order valence-corrected chi connectivity index (χ1v) is 10.9. The third kappa shape index (κ3) is 3.66. The average molecular weight is 354 g/mol. The summed E-state index contributed by atoms with van der Waals surface area (Å²) in [7, 11) is -2.20. The fourth-order valence-corrected chi connectivity index (χ4v) is 9.02. The van der Waals surface area contributed by atoms with Gasteiger partial charge in [0.1, 0.15) is 20.3 Å². The summed E-state index contributed by atoms with van der Waals surface area (Å²) in [6.07, 6.45) is -0.790. The molecule has 1 aliphatic rings. The van der Waals surface area contributed by atoms with E-state index in [2.05, 4.69) is 24.3 Å². The van der Waals surface area contributed by atoms with Gasteiger partial charge in [-0.2, -0.15) is 0 Å². The van der Waals surface area contributed by atoms with Crippen LogP contribution < -0.4 is 10.4 Å². The first kappa shape index (κ1) is 17.4. The molecule has 25 heavy (non-hydrogen) atoms. The average Bonchev–Trinajstić information content (AvgIpc) is 2.94. The number of ether oxygens (including phenoxy) is 2. The van der Waals surface area contributed by atoms with Crippen LogP contribution in [0, 0.1) is 0 Å². The highest BCUT2D eigenvalue weighted by Crippen LogP contribution is 2.35. The van der Waals surface area contributed by atoms with Gasteiger partial charge in [-0.05, 0) is 12.1 Å². The monoisotopic (exact) mass is 354 g/mol. The van der Waals surface area contributed by atoms with Crippen LogP contribution in [0.3, 0.4) is 0 Å². The molecule has 0 amide bonds. The Hall–Kier alpha value is -2.40. The predicted octanol–water partition coefficient (Wildman–Crippen LogP) is 2.13. The maximum Gasteiger partial charge on any atom is 0.303 e. The van der Waals surface area contributed by atoms with Crippen LogP contribution in [0.2, 0.25) is 12.1 Å². The van der Waals surface area contributed by atoms with E-state index in [1.807, 2.05) is 36.4 Å². The van der Waals surface area contributed by atoms with Crippen LogP contribution >= 0.6 is 0 Å². The van der Waals surface area contributed by atoms with Crippen molar-refractivity contribution in [3.05, 3.63) is 60.7 Å². The van der Waals surface area contributed by atoms with Gasteiger partial charge in [0.2, 0.25) is 0 Å². The highest BCUT2D eigenvalue weighted by molar-refractivity contribution is 7.03. The van der Waals surface area contributed by atoms with Gasteiger partial charge in [0.25, 0.3) is 0 Å². The van der Waals surface area contributed by atoms with Crippen LogP contribution in [0.1, 0.15) is 13.8 Å². The second-order valence-corrected chi connectivity index (χ2v) is 10.7. The Balaban J connectivity index is 2.06. The third-order valence-electron chi connectivity index (χ3n) is 4.80. The van der Waals surface area contributed by atoms with Crippen LogP contribution in [-0.4, -0.2) is 32.2 Å². The summed E-state index contributed by atoms with van der Waals surface area (Å²) >= 11 is 0. The zero-order valence-electron chi connectivity index (χ0n) is 14.5. The van der Waals surface area contributed by atoms with E-state index in [1.165, 1.54) is 24.2 Å². The molecule has 0 unspecified atom stereocenters. The molecule has 1 fully saturated rings. The van der Waals surface area contributed by atoms with Crippen molar-refractivity contribution in [1.82, 2.24) is 0 Å². The smallest absolute Gasteiger partial charge is 0.303 e. The Morgan fingerprint density at radius 1 is 0.760 bits per heavy atom. The molecule has 5 heteroatoms. The molecule has 0 aliphatic carbocycles. The molecule has 130 valence electrons. The van der Waals surface area contributed by atoms with Crippen molar-refractivity contribution in [1.29, 1.82) is 0 Å². The molecule has 1 aliphatic heterocycles. The fraction of sp³-hybridized carbons (Fsp3) is 0.300. The van der Waals surface area contributed by atoms with Gasteiger partial charge in [0, 0.05) is 13.8 Å². The van der Waals surface area contributed by atoms with Gasteiger partial charge < -0.3 is 9.47 Å². The van der Waals surface area contributed by atoms with E-state index in [1.54, 1.807) is 0 Å². The van der Waals surface area contributed by atoms with Gasteiger partial charge in [-0.3, -0.25) is 9.59 Å². The SMILES string of the molecule is CC(=O)O[C@H]1C[Si](c2ccccc2)(c2ccccc2)C[C@@H]1OC(C)=O. The van der Waals surface area contributed by atoms with E-state index in [4.69, 9.17) is 9.47 Å². The summed E-state index contributed by atoms with van der Waals surface area (Å²) in [6.45, 7) is 2.80. The zero-order chi connectivity index (χ0) is 17.9. The Morgan fingerprint density at radius 3 is 1.44 bits per heavy atom. The predicted molar refractivity (Wildman–Crippen MR) is 98.6 cm³/mol. The van der Waals surface area contributed by atoms with Crippen molar-refractivity contribution < 1.29 is 19.1 Å². The zero-order valence-corrected chi connectivity index (χ0v) is 15.5. The summed E-state index contributed by atoms with van der Waals surface area (Å²) < 4.78 is 11.1. The maximum absolute atomic E-state index is 11.6. The van der Waals surface area contributed by atoms with E-state index >= 15 is 0 Å². The van der Waals surface area contributed by atoms with Crippen LogP contribution in [0.25, 0.3) is 0 Å². The van der Waals surface area contributed by atoms with Crippen LogP contribution in [0.15, 0.2) is 60.7 Å². The summed E-state index contributed by atoms with van der Waals surface area (Å²) in [5.74, 6) is -0.679. The summed E-state index contributed by atoms with van der Waals surface area (Å²) in [5.41, 5.74) is 0. The quantitative estimate of drug-likeness (QED) is 0.623. The van der Waals surface area contributed by atoms with Crippen LogP contribution in [-0.2, 0) is 19.1 Å². The topological polar surface area (TPSA) is 52.6 Å². The molecule has 0 aromatic heterocycles. The van der Waals surface area contributed by atoms with Crippen molar-refractivity contribution in [2.75, 3.05) is 0 Å². The molecule has 0 saturated carbocycles. The molecule has 1 heterocycles. The molecule has 0 N–H and O–H groups in total. The molecule has 0 spiro atoms. The number of benzene rings is 2. The molecule has 3 rings (SSSR count). The fourth-order valence-electron chi connectivity index (χ4n) is 3.85. The molecular weight excluding hydrogens is 332 g/mol. The standard InChI is InChI=1S/C20H22O4Si/c1-15(21)23-19-13-25(14-20(19)24-16(2)22,17-9-5-3-6-10-17)18-11-7-4-8-12-18/h3-12,19-20H,13-14H2,1-2H3/t19-,20-/m0/s1. The Morgan fingerprint density at radius 2 is 1.12 bits per heavy atom. The lowest BCUT2D eigenvalue weighted by Crippen LogP contribution is -2.56. The van der Waals surface area contributed by atoms with Crippen molar-refractivity contribution in [3.63, 3.8) is 0 Å². The lowest BCUT2D eigenvalue weighted by molar-refractivity contribution is -0.161. The van der Waals surface area contributed by atoms with Crippen molar-refractivity contribution >= 4 is 30.4 Å². The Labute approximate surface area is 148 Å². The highest BCUT2D eigenvalue weighted by atomic mass is 28.3. The minimum absolute atomic E-state index is 0.340. The minimum atomic E-state index is -2.20. The highest BCUT2D eigenvalue weighted by Gasteiger charge is 2.52. The number of rotatable bonds is 4. The summed E-state index contributed by atoms with van der Waals surface area (Å²) in [4.78, 5) is 23.1. The Bertz CT molecular complexity index is 679. The normalized spacial score (nSPS) is 21.5. The van der Waals surface area contributed by atoms with E-state index in [0.29, 0.717) is 0 Å². The second-order valence-electron chi connectivity index (χ2n) is 6.52. The maximum atomic E-state index is 11.6. The van der Waals surface area contributed by atoms with Crippen molar-refractivity contribution in [2.24, 2.45) is 0 Å². The molecule has 4 nitrogen and oxygen atoms in total. The molecule has 1 saturated heterocycles. The first-order chi connectivity index (χ1) is 12.0. The number of carbonyl (C=O) groups excluding carboxylic acids is 2. The molecular formula is C20H22O4Si. The summed E-state index contributed by atoms with van der Waals surface area (Å²) in [6, 6.07) is 22.1. The minimum Gasteiger partial charge on any atom is -0.459 e. The van der Waals surface area contributed by atoms with Gasteiger partial charge in [0.05, 0.1) is 0 Å². The van der Waals surface area contributed by atoms with Crippen LogP contribution in [0.4, 0.5) is 0 Å². The van der Waals surface area contributed by atoms with E-state index in [9.17, 15) is 9.59 Å². The first-order valence-electron chi connectivity index (χ1n) is 8.47. The molecule has 0 bridgehead atoms. The van der Waals surface area contributed by atoms with Crippen molar-refractivity contribution in [3.8, 4) is 0 Å². The van der Waals surface area contributed by atoms with Gasteiger partial charge in [-0.15, -0.1) is 0 Å². The third-order valence-corrected chi connectivity index (χ3v) is 9.88. The molecule has 2 aromatic carbocycles. The largest absolute Gasteiger partial charge is 0.459 e. The van der Waals surface area contributed by atoms with Gasteiger partial charge >= 0.3 is 11.9 Å². The molecule has 2 aromatic rings. The van der Waals surface area contributed by atoms with Gasteiger partial charge in [-0.25, -0.2) is 0 Å². The summed E-state index contributed by atoms with van der Waals surface area (Å²) in [5, 5.41) is 2.54. The number of carbonyl (C=O) groups is 2. The van der Waals surface area contributed by atoms with E-state index < -0.39 is 20.3 Å². The van der Waals surface area contributed by atoms with Gasteiger partial charge in [0.15, 0.2) is 0 Å². The molecule has 2 atom stereocenters. The molecule has 0 radical (unpaired) electrons. The van der Waals surface area contributed by atoms with Crippen molar-refractivity contribution in [2.45, 2.75) is 38.1 Å². The van der Waals surface area contributed by atoms with Crippen LogP contribution in [0.5, 0.6) is 0 Å². The van der Waals surface area contributed by atoms with E-state index in [0.717, 1.165) is 12.1 Å².